The number of fused-ring (bicyclic) bond motifs is 1. The van der Waals surface area contributed by atoms with Crippen LogP contribution >= 0.6 is 0 Å². The quantitative estimate of drug-likeness (QED) is 0.830. The summed E-state index contributed by atoms with van der Waals surface area (Å²) in [5.41, 5.74) is 7.66. The lowest BCUT2D eigenvalue weighted by molar-refractivity contribution is -0.234. The maximum atomic E-state index is 6.08. The number of hydrogen-bond acceptors (Lipinski definition) is 5. The standard InChI is InChI=1S/C18H20N2O3/c1-3-21-18(22-4-2)16-11-10-14(12-15(16)17(19)20-18)23-13-8-6-5-7-9-13/h5-12H,3-4H2,1-2H3,(H2,19,20). The molecule has 2 N–H and O–H groups in total. The van der Waals surface area contributed by atoms with E-state index in [1.807, 2.05) is 62.4 Å². The van der Waals surface area contributed by atoms with Crippen molar-refractivity contribution >= 4 is 5.84 Å². The number of rotatable bonds is 6. The molecule has 120 valence electrons. The maximum absolute atomic E-state index is 6.08. The molecule has 0 atom stereocenters. The van der Waals surface area contributed by atoms with Crippen molar-refractivity contribution in [3.8, 4) is 11.5 Å². The van der Waals surface area contributed by atoms with Gasteiger partial charge in [0.15, 0.2) is 0 Å². The smallest absolute Gasteiger partial charge is 0.300 e. The molecule has 0 bridgehead atoms. The lowest BCUT2D eigenvalue weighted by atomic mass is 10.1. The Morgan fingerprint density at radius 3 is 2.30 bits per heavy atom. The third-order valence-corrected chi connectivity index (χ3v) is 3.53. The molecule has 5 nitrogen and oxygen atoms in total. The van der Waals surface area contributed by atoms with Gasteiger partial charge in [-0.1, -0.05) is 18.2 Å². The van der Waals surface area contributed by atoms with Crippen molar-refractivity contribution in [3.05, 3.63) is 59.7 Å². The summed E-state index contributed by atoms with van der Waals surface area (Å²) in [5, 5.41) is 0. The highest BCUT2D eigenvalue weighted by Crippen LogP contribution is 2.39. The lowest BCUT2D eigenvalue weighted by Gasteiger charge is -2.26. The van der Waals surface area contributed by atoms with Crippen molar-refractivity contribution < 1.29 is 14.2 Å². The fourth-order valence-corrected chi connectivity index (χ4v) is 2.63. The van der Waals surface area contributed by atoms with Crippen LogP contribution in [-0.2, 0) is 15.4 Å². The van der Waals surface area contributed by atoms with Crippen LogP contribution in [0.25, 0.3) is 0 Å². The van der Waals surface area contributed by atoms with Gasteiger partial charge in [0, 0.05) is 24.3 Å². The highest BCUT2D eigenvalue weighted by molar-refractivity contribution is 6.02. The monoisotopic (exact) mass is 312 g/mol. The Morgan fingerprint density at radius 1 is 0.957 bits per heavy atom. The van der Waals surface area contributed by atoms with Gasteiger partial charge in [-0.05, 0) is 44.2 Å². The van der Waals surface area contributed by atoms with Crippen LogP contribution in [0.3, 0.4) is 0 Å². The van der Waals surface area contributed by atoms with Crippen molar-refractivity contribution in [2.75, 3.05) is 13.2 Å². The van der Waals surface area contributed by atoms with E-state index in [2.05, 4.69) is 4.99 Å². The number of para-hydroxylation sites is 1. The third kappa shape index (κ3) is 2.93. The Balaban J connectivity index is 1.95. The molecule has 23 heavy (non-hydrogen) atoms. The molecular weight excluding hydrogens is 292 g/mol. The molecule has 1 aliphatic rings. The van der Waals surface area contributed by atoms with Crippen LogP contribution in [0.5, 0.6) is 11.5 Å². The summed E-state index contributed by atoms with van der Waals surface area (Å²) in [7, 11) is 0. The second kappa shape index (κ2) is 6.40. The molecule has 3 rings (SSSR count). The summed E-state index contributed by atoms with van der Waals surface area (Å²) in [6.45, 7) is 4.74. The van der Waals surface area contributed by atoms with Gasteiger partial charge >= 0.3 is 5.91 Å². The SMILES string of the molecule is CCOC1(OCC)N=C(N)c2cc(Oc3ccccc3)ccc21. The van der Waals surface area contributed by atoms with E-state index in [1.54, 1.807) is 0 Å². The largest absolute Gasteiger partial charge is 0.457 e. The zero-order valence-corrected chi connectivity index (χ0v) is 13.3. The van der Waals surface area contributed by atoms with Gasteiger partial charge in [-0.25, -0.2) is 4.99 Å². The number of ether oxygens (including phenoxy) is 3. The molecule has 2 aromatic rings. The number of hydrogen-bond donors (Lipinski definition) is 1. The van der Waals surface area contributed by atoms with E-state index in [-0.39, 0.29) is 0 Å². The molecule has 5 heteroatoms. The fourth-order valence-electron chi connectivity index (χ4n) is 2.63. The van der Waals surface area contributed by atoms with E-state index in [4.69, 9.17) is 19.9 Å². The Hall–Kier alpha value is -2.37. The average molecular weight is 312 g/mol. The van der Waals surface area contributed by atoms with Crippen molar-refractivity contribution in [2.45, 2.75) is 19.8 Å². The van der Waals surface area contributed by atoms with Crippen LogP contribution < -0.4 is 10.5 Å². The Labute approximate surface area is 135 Å². The van der Waals surface area contributed by atoms with Gasteiger partial charge in [0.25, 0.3) is 0 Å². The molecule has 1 aliphatic heterocycles. The molecule has 2 aromatic carbocycles. The predicted octanol–water partition coefficient (Wildman–Crippen LogP) is 3.38. The highest BCUT2D eigenvalue weighted by atomic mass is 16.7. The molecule has 0 spiro atoms. The van der Waals surface area contributed by atoms with Crippen LogP contribution in [0.4, 0.5) is 0 Å². The number of benzene rings is 2. The van der Waals surface area contributed by atoms with Crippen LogP contribution in [0.1, 0.15) is 25.0 Å². The van der Waals surface area contributed by atoms with Gasteiger partial charge in [0.1, 0.15) is 17.3 Å². The number of amidine groups is 1. The molecule has 1 heterocycles. The predicted molar refractivity (Wildman–Crippen MR) is 88.6 cm³/mol. The van der Waals surface area contributed by atoms with Crippen LogP contribution in [0.2, 0.25) is 0 Å². The minimum Gasteiger partial charge on any atom is -0.457 e. The summed E-state index contributed by atoms with van der Waals surface area (Å²) < 4.78 is 17.4. The molecule has 0 saturated heterocycles. The Kier molecular flexibility index (Phi) is 4.32. The minimum absolute atomic E-state index is 0.389. The van der Waals surface area contributed by atoms with E-state index >= 15 is 0 Å². The van der Waals surface area contributed by atoms with Gasteiger partial charge in [-0.15, -0.1) is 0 Å². The van der Waals surface area contributed by atoms with E-state index in [0.717, 1.165) is 16.9 Å². The number of aliphatic imine (C=N–C) groups is 1. The van der Waals surface area contributed by atoms with E-state index in [0.29, 0.717) is 24.8 Å². The second-order valence-electron chi connectivity index (χ2n) is 5.07. The zero-order chi connectivity index (χ0) is 16.3. The topological polar surface area (TPSA) is 66.1 Å². The summed E-state index contributed by atoms with van der Waals surface area (Å²) in [5.74, 6) is 0.702. The summed E-state index contributed by atoms with van der Waals surface area (Å²) in [6.07, 6.45) is 0. The van der Waals surface area contributed by atoms with Crippen LogP contribution in [-0.4, -0.2) is 19.0 Å². The van der Waals surface area contributed by atoms with Gasteiger partial charge in [-0.2, -0.15) is 0 Å². The first-order valence-electron chi connectivity index (χ1n) is 7.69. The Bertz CT molecular complexity index is 707. The number of nitrogens with zero attached hydrogens (tertiary/aromatic N) is 1. The summed E-state index contributed by atoms with van der Waals surface area (Å²) >= 11 is 0. The van der Waals surface area contributed by atoms with Crippen molar-refractivity contribution in [3.63, 3.8) is 0 Å². The molecule has 0 radical (unpaired) electrons. The van der Waals surface area contributed by atoms with Gasteiger partial charge in [0.05, 0.1) is 0 Å². The first kappa shape index (κ1) is 15.5. The molecule has 0 saturated carbocycles. The first-order valence-corrected chi connectivity index (χ1v) is 7.69. The fraction of sp³-hybridized carbons (Fsp3) is 0.278. The first-order chi connectivity index (χ1) is 11.2. The van der Waals surface area contributed by atoms with Gasteiger partial charge in [-0.3, -0.25) is 0 Å². The molecule has 0 fully saturated rings. The summed E-state index contributed by atoms with van der Waals surface area (Å²) in [4.78, 5) is 4.41. The lowest BCUT2D eigenvalue weighted by Crippen LogP contribution is -2.29. The molecule has 0 aromatic heterocycles. The Morgan fingerprint density at radius 2 is 1.65 bits per heavy atom. The zero-order valence-electron chi connectivity index (χ0n) is 13.3. The molecule has 0 aliphatic carbocycles. The van der Waals surface area contributed by atoms with Crippen LogP contribution in [0, 0.1) is 0 Å². The van der Waals surface area contributed by atoms with E-state index in [1.165, 1.54) is 0 Å². The van der Waals surface area contributed by atoms with Crippen molar-refractivity contribution in [1.82, 2.24) is 0 Å². The molecular formula is C18H20N2O3. The normalized spacial score (nSPS) is 15.1. The third-order valence-electron chi connectivity index (χ3n) is 3.53. The minimum atomic E-state index is -1.14. The highest BCUT2D eigenvalue weighted by Gasteiger charge is 2.41. The summed E-state index contributed by atoms with van der Waals surface area (Å²) in [6, 6.07) is 15.2. The van der Waals surface area contributed by atoms with Crippen molar-refractivity contribution in [2.24, 2.45) is 10.7 Å². The number of nitrogens with two attached hydrogens (primary N) is 1. The molecule has 0 amide bonds. The van der Waals surface area contributed by atoms with Crippen LogP contribution in [0.15, 0.2) is 53.5 Å². The van der Waals surface area contributed by atoms with E-state index < -0.39 is 5.91 Å². The maximum Gasteiger partial charge on any atom is 0.300 e. The van der Waals surface area contributed by atoms with E-state index in [9.17, 15) is 0 Å². The van der Waals surface area contributed by atoms with Gasteiger partial charge < -0.3 is 19.9 Å². The van der Waals surface area contributed by atoms with Crippen molar-refractivity contribution in [1.29, 1.82) is 0 Å². The second-order valence-corrected chi connectivity index (χ2v) is 5.07. The average Bonchev–Trinajstić information content (AvgIpc) is 2.81. The van der Waals surface area contributed by atoms with Gasteiger partial charge in [0.2, 0.25) is 0 Å². The molecule has 0 unspecified atom stereocenters.